The summed E-state index contributed by atoms with van der Waals surface area (Å²) in [7, 11) is 1.53. The van der Waals surface area contributed by atoms with Crippen molar-refractivity contribution in [1.29, 1.82) is 0 Å². The standard InChI is InChI=1S/C21H22O4/c1-14(2)4-8-16-12-18(20(24)13-21(16)25-3)19(23)11-7-15-5-9-17(22)10-6-15/h4-7,9-13,22,24H,8H2,1-3H3/b11-7+. The normalized spacial score (nSPS) is 10.7. The van der Waals surface area contributed by atoms with Crippen LogP contribution in [0.2, 0.25) is 0 Å². The fraction of sp³-hybridized carbons (Fsp3) is 0.190. The van der Waals surface area contributed by atoms with Crippen molar-refractivity contribution in [2.75, 3.05) is 7.11 Å². The third-order valence-corrected chi connectivity index (χ3v) is 3.71. The van der Waals surface area contributed by atoms with Crippen molar-refractivity contribution in [3.63, 3.8) is 0 Å². The van der Waals surface area contributed by atoms with E-state index in [1.165, 1.54) is 19.3 Å². The van der Waals surface area contributed by atoms with Crippen molar-refractivity contribution >= 4 is 11.9 Å². The number of phenols is 2. The average Bonchev–Trinajstić information content (AvgIpc) is 2.59. The maximum atomic E-state index is 12.4. The maximum Gasteiger partial charge on any atom is 0.189 e. The van der Waals surface area contributed by atoms with Gasteiger partial charge in [0.2, 0.25) is 0 Å². The third kappa shape index (κ3) is 4.98. The van der Waals surface area contributed by atoms with E-state index in [1.807, 2.05) is 19.9 Å². The summed E-state index contributed by atoms with van der Waals surface area (Å²) in [6, 6.07) is 9.63. The average molecular weight is 338 g/mol. The molecule has 0 radical (unpaired) electrons. The van der Waals surface area contributed by atoms with Crippen molar-refractivity contribution in [2.24, 2.45) is 0 Å². The lowest BCUT2D eigenvalue weighted by Gasteiger charge is -2.10. The van der Waals surface area contributed by atoms with Gasteiger partial charge >= 0.3 is 0 Å². The van der Waals surface area contributed by atoms with Gasteiger partial charge in [-0.3, -0.25) is 4.79 Å². The van der Waals surface area contributed by atoms with Crippen molar-refractivity contribution in [3.8, 4) is 17.2 Å². The van der Waals surface area contributed by atoms with Gasteiger partial charge in [-0.15, -0.1) is 0 Å². The number of rotatable bonds is 6. The van der Waals surface area contributed by atoms with Gasteiger partial charge in [-0.2, -0.15) is 0 Å². The molecule has 0 heterocycles. The second-order valence-electron chi connectivity index (χ2n) is 5.96. The number of hydrogen-bond acceptors (Lipinski definition) is 4. The van der Waals surface area contributed by atoms with E-state index in [0.717, 1.165) is 16.7 Å². The van der Waals surface area contributed by atoms with Crippen LogP contribution in [0.3, 0.4) is 0 Å². The molecule has 0 amide bonds. The summed E-state index contributed by atoms with van der Waals surface area (Å²) in [4.78, 5) is 12.4. The topological polar surface area (TPSA) is 66.8 Å². The molecule has 0 aromatic heterocycles. The minimum Gasteiger partial charge on any atom is -0.508 e. The minimum atomic E-state index is -0.299. The zero-order valence-corrected chi connectivity index (χ0v) is 14.6. The fourth-order valence-electron chi connectivity index (χ4n) is 2.32. The van der Waals surface area contributed by atoms with Crippen LogP contribution < -0.4 is 4.74 Å². The number of benzene rings is 2. The number of carbonyl (C=O) groups is 1. The molecule has 0 aliphatic carbocycles. The Kier molecular flexibility index (Phi) is 6.01. The van der Waals surface area contributed by atoms with Crippen LogP contribution in [-0.2, 0) is 6.42 Å². The predicted octanol–water partition coefficient (Wildman–Crippen LogP) is 4.51. The van der Waals surface area contributed by atoms with Crippen molar-refractivity contribution in [2.45, 2.75) is 20.3 Å². The van der Waals surface area contributed by atoms with E-state index in [4.69, 9.17) is 4.74 Å². The van der Waals surface area contributed by atoms with Crippen molar-refractivity contribution < 1.29 is 19.7 Å². The van der Waals surface area contributed by atoms with Crippen LogP contribution in [0.15, 0.2) is 54.1 Å². The molecule has 2 N–H and O–H groups in total. The Morgan fingerprint density at radius 1 is 1.12 bits per heavy atom. The number of ether oxygens (including phenoxy) is 1. The number of methoxy groups -OCH3 is 1. The number of hydrogen-bond donors (Lipinski definition) is 2. The molecule has 0 spiro atoms. The van der Waals surface area contributed by atoms with E-state index in [9.17, 15) is 15.0 Å². The van der Waals surface area contributed by atoms with Crippen LogP contribution in [0.4, 0.5) is 0 Å². The number of ketones is 1. The summed E-state index contributed by atoms with van der Waals surface area (Å²) in [5.41, 5.74) is 3.01. The van der Waals surface area contributed by atoms with Crippen LogP contribution >= 0.6 is 0 Å². The van der Waals surface area contributed by atoms with Gasteiger partial charge in [0.1, 0.15) is 17.2 Å². The zero-order valence-electron chi connectivity index (χ0n) is 14.6. The van der Waals surface area contributed by atoms with Crippen LogP contribution in [0.1, 0.15) is 35.3 Å². The Bertz CT molecular complexity index is 811. The number of phenolic OH excluding ortho intramolecular Hbond substituents is 2. The van der Waals surface area contributed by atoms with Gasteiger partial charge < -0.3 is 14.9 Å². The van der Waals surface area contributed by atoms with Gasteiger partial charge in [0.05, 0.1) is 12.7 Å². The molecule has 2 aromatic carbocycles. The monoisotopic (exact) mass is 338 g/mol. The maximum absolute atomic E-state index is 12.4. The Morgan fingerprint density at radius 2 is 1.80 bits per heavy atom. The molecule has 25 heavy (non-hydrogen) atoms. The summed E-state index contributed by atoms with van der Waals surface area (Å²) >= 11 is 0. The third-order valence-electron chi connectivity index (χ3n) is 3.71. The fourth-order valence-corrected chi connectivity index (χ4v) is 2.32. The quantitative estimate of drug-likeness (QED) is 0.462. The van der Waals surface area contributed by atoms with E-state index in [0.29, 0.717) is 12.2 Å². The molecule has 130 valence electrons. The lowest BCUT2D eigenvalue weighted by atomic mass is 10.0. The molecule has 4 heteroatoms. The van der Waals surface area contributed by atoms with Gasteiger partial charge in [-0.05, 0) is 55.7 Å². The molecule has 2 rings (SSSR count). The highest BCUT2D eigenvalue weighted by Crippen LogP contribution is 2.30. The Morgan fingerprint density at radius 3 is 2.40 bits per heavy atom. The Labute approximate surface area is 147 Å². The molecular weight excluding hydrogens is 316 g/mol. The Hall–Kier alpha value is -3.01. The highest BCUT2D eigenvalue weighted by molar-refractivity contribution is 6.08. The van der Waals surface area contributed by atoms with Crippen molar-refractivity contribution in [1.82, 2.24) is 0 Å². The molecule has 0 saturated heterocycles. The smallest absolute Gasteiger partial charge is 0.189 e. The van der Waals surface area contributed by atoms with Crippen LogP contribution in [-0.4, -0.2) is 23.1 Å². The molecular formula is C21H22O4. The summed E-state index contributed by atoms with van der Waals surface area (Å²) in [5, 5.41) is 19.4. The van der Waals surface area contributed by atoms with Gasteiger partial charge in [0.25, 0.3) is 0 Å². The first kappa shape index (κ1) is 18.3. The summed E-state index contributed by atoms with van der Waals surface area (Å²) in [6.45, 7) is 4.00. The molecule has 0 unspecified atom stereocenters. The largest absolute Gasteiger partial charge is 0.508 e. The summed E-state index contributed by atoms with van der Waals surface area (Å²) in [6.07, 6.45) is 5.70. The molecule has 0 atom stereocenters. The molecule has 2 aromatic rings. The van der Waals surface area contributed by atoms with E-state index in [2.05, 4.69) is 0 Å². The van der Waals surface area contributed by atoms with E-state index in [-0.39, 0.29) is 22.8 Å². The SMILES string of the molecule is COc1cc(O)c(C(=O)/C=C/c2ccc(O)cc2)cc1CC=C(C)C. The first-order chi connectivity index (χ1) is 11.9. The summed E-state index contributed by atoms with van der Waals surface area (Å²) in [5.74, 6) is 0.305. The molecule has 0 saturated carbocycles. The van der Waals surface area contributed by atoms with Crippen molar-refractivity contribution in [3.05, 3.63) is 70.8 Å². The second kappa shape index (κ2) is 8.20. The first-order valence-electron chi connectivity index (χ1n) is 7.95. The molecule has 0 aliphatic heterocycles. The van der Waals surface area contributed by atoms with Crippen LogP contribution in [0, 0.1) is 0 Å². The van der Waals surface area contributed by atoms with Gasteiger partial charge in [0, 0.05) is 6.07 Å². The van der Waals surface area contributed by atoms with Crippen LogP contribution in [0.25, 0.3) is 6.08 Å². The van der Waals surface area contributed by atoms with Gasteiger partial charge in [-0.25, -0.2) is 0 Å². The lowest BCUT2D eigenvalue weighted by Crippen LogP contribution is -1.99. The van der Waals surface area contributed by atoms with Gasteiger partial charge in [-0.1, -0.05) is 29.9 Å². The highest BCUT2D eigenvalue weighted by Gasteiger charge is 2.13. The molecule has 0 fully saturated rings. The van der Waals surface area contributed by atoms with Gasteiger partial charge in [0.15, 0.2) is 5.78 Å². The number of aromatic hydroxyl groups is 2. The first-order valence-corrected chi connectivity index (χ1v) is 7.95. The van der Waals surface area contributed by atoms with E-state index < -0.39 is 0 Å². The Balaban J connectivity index is 2.30. The predicted molar refractivity (Wildman–Crippen MR) is 99.3 cm³/mol. The lowest BCUT2D eigenvalue weighted by molar-refractivity contribution is 0.104. The highest BCUT2D eigenvalue weighted by atomic mass is 16.5. The van der Waals surface area contributed by atoms with E-state index >= 15 is 0 Å². The molecule has 0 bridgehead atoms. The zero-order chi connectivity index (χ0) is 18.4. The second-order valence-corrected chi connectivity index (χ2v) is 5.96. The minimum absolute atomic E-state index is 0.113. The number of carbonyl (C=O) groups excluding carboxylic acids is 1. The van der Waals surface area contributed by atoms with Crippen LogP contribution in [0.5, 0.6) is 17.2 Å². The molecule has 4 nitrogen and oxygen atoms in total. The summed E-state index contributed by atoms with van der Waals surface area (Å²) < 4.78 is 5.29. The number of allylic oxidation sites excluding steroid dienone is 3. The molecule has 0 aliphatic rings. The van der Waals surface area contributed by atoms with E-state index in [1.54, 1.807) is 36.4 Å².